The molecule has 0 aliphatic rings. The molecule has 1 rings (SSSR count). The normalized spacial score (nSPS) is 10.5. The van der Waals surface area contributed by atoms with E-state index in [1.807, 2.05) is 0 Å². The first kappa shape index (κ1) is 11.1. The van der Waals surface area contributed by atoms with Gasteiger partial charge in [0.05, 0.1) is 0 Å². The van der Waals surface area contributed by atoms with E-state index in [9.17, 15) is 9.90 Å². The number of carboxylic acids is 1. The van der Waals surface area contributed by atoms with Crippen LogP contribution >= 0.6 is 0 Å². The number of hydrogen-bond donors (Lipinski definition) is 3. The van der Waals surface area contributed by atoms with Crippen molar-refractivity contribution in [2.75, 3.05) is 0 Å². The molecular weight excluding hydrogens is 216 g/mol. The van der Waals surface area contributed by atoms with Crippen LogP contribution in [-0.2, 0) is 4.79 Å². The maximum Gasteiger partial charge on any atom is 0.341 e. The van der Waals surface area contributed by atoms with Gasteiger partial charge in [0.15, 0.2) is 17.2 Å². The number of hydrogen-bond acceptors (Lipinski definition) is 4. The van der Waals surface area contributed by atoms with Crippen molar-refractivity contribution in [1.29, 1.82) is 0 Å². The Labute approximate surface area is 88.8 Å². The Morgan fingerprint density at radius 1 is 1.40 bits per heavy atom. The van der Waals surface area contributed by atoms with Gasteiger partial charge in [-0.2, -0.15) is 0 Å². The first-order valence-corrected chi connectivity index (χ1v) is 4.26. The molecule has 0 amide bonds. The Bertz CT molecular complexity index is 413. The van der Waals surface area contributed by atoms with Crippen LogP contribution in [0.5, 0.6) is 17.2 Å². The molecule has 0 spiro atoms. The number of carbonyl (C=O) groups is 1. The Morgan fingerprint density at radius 2 is 2.07 bits per heavy atom. The Balaban J connectivity index is 3.19. The molecule has 6 heteroatoms. The van der Waals surface area contributed by atoms with Crippen molar-refractivity contribution < 1.29 is 24.5 Å². The molecule has 1 aromatic rings. The molecule has 3 radical (unpaired) electrons. The van der Waals surface area contributed by atoms with Crippen molar-refractivity contribution >= 4 is 22.5 Å². The summed E-state index contributed by atoms with van der Waals surface area (Å²) in [5.74, 6) is -1.99. The summed E-state index contributed by atoms with van der Waals surface area (Å²) >= 11 is 0. The first-order chi connectivity index (χ1) is 7.06. The quantitative estimate of drug-likeness (QED) is 0.398. The van der Waals surface area contributed by atoms with Crippen molar-refractivity contribution in [1.82, 2.24) is 0 Å². The van der Waals surface area contributed by atoms with Gasteiger partial charge >= 0.3 is 16.5 Å². The summed E-state index contributed by atoms with van der Waals surface area (Å²) < 4.78 is 4.64. The van der Waals surface area contributed by atoms with E-state index in [-0.39, 0.29) is 11.5 Å². The summed E-state index contributed by atoms with van der Waals surface area (Å²) in [4.78, 5) is 10.3. The smallest absolute Gasteiger partial charge is 0.341 e. The zero-order valence-corrected chi connectivity index (χ0v) is 8.47. The molecular formula is C9H7O5Si. The van der Waals surface area contributed by atoms with Gasteiger partial charge in [0.25, 0.3) is 0 Å². The average molecular weight is 223 g/mol. The van der Waals surface area contributed by atoms with E-state index in [0.717, 1.165) is 6.08 Å². The average Bonchev–Trinajstić information content (AvgIpc) is 2.19. The van der Waals surface area contributed by atoms with E-state index in [1.165, 1.54) is 18.2 Å². The third-order valence-corrected chi connectivity index (χ3v) is 1.85. The zero-order chi connectivity index (χ0) is 11.4. The molecule has 15 heavy (non-hydrogen) atoms. The van der Waals surface area contributed by atoms with Crippen LogP contribution in [0.15, 0.2) is 18.2 Å². The van der Waals surface area contributed by atoms with Crippen LogP contribution in [0.3, 0.4) is 0 Å². The van der Waals surface area contributed by atoms with E-state index >= 15 is 0 Å². The molecule has 0 bridgehead atoms. The van der Waals surface area contributed by atoms with Crippen molar-refractivity contribution in [3.63, 3.8) is 0 Å². The number of aromatic hydroxyl groups is 2. The lowest BCUT2D eigenvalue weighted by Gasteiger charge is -2.08. The summed E-state index contributed by atoms with van der Waals surface area (Å²) in [5, 5.41) is 26.9. The summed E-state index contributed by atoms with van der Waals surface area (Å²) in [5.41, 5.74) is 0.322. The number of rotatable bonds is 3. The van der Waals surface area contributed by atoms with Gasteiger partial charge in [-0.05, 0) is 18.2 Å². The zero-order valence-electron chi connectivity index (χ0n) is 7.47. The number of aliphatic carboxylic acids is 1. The van der Waals surface area contributed by atoms with Gasteiger partial charge in [-0.1, -0.05) is 0 Å². The van der Waals surface area contributed by atoms with Crippen molar-refractivity contribution in [3.8, 4) is 17.2 Å². The minimum Gasteiger partial charge on any atom is -0.537 e. The van der Waals surface area contributed by atoms with Crippen molar-refractivity contribution in [3.05, 3.63) is 23.8 Å². The Hall–Kier alpha value is -1.95. The van der Waals surface area contributed by atoms with E-state index in [2.05, 4.69) is 14.9 Å². The summed E-state index contributed by atoms with van der Waals surface area (Å²) in [7, 11) is 2.70. The minimum absolute atomic E-state index is 0.0517. The van der Waals surface area contributed by atoms with Gasteiger partial charge in [-0.15, -0.1) is 0 Å². The van der Waals surface area contributed by atoms with Crippen LogP contribution < -0.4 is 4.43 Å². The number of carboxylic acid groups (broad SMARTS) is 1. The highest BCUT2D eigenvalue weighted by molar-refractivity contribution is 6.01. The van der Waals surface area contributed by atoms with Gasteiger partial charge in [-0.25, -0.2) is 4.79 Å². The third-order valence-electron chi connectivity index (χ3n) is 1.65. The molecule has 0 aromatic heterocycles. The molecule has 0 aliphatic carbocycles. The van der Waals surface area contributed by atoms with Gasteiger partial charge in [0.2, 0.25) is 0 Å². The van der Waals surface area contributed by atoms with Crippen LogP contribution in [0.1, 0.15) is 5.56 Å². The predicted octanol–water partition coefficient (Wildman–Crippen LogP) is 0.658. The second-order valence-corrected chi connectivity index (χ2v) is 2.83. The van der Waals surface area contributed by atoms with Crippen LogP contribution in [0.4, 0.5) is 0 Å². The standard InChI is InChI=1S/C9H7O5Si/c10-6-3-1-5(2-4-7(11)12)9(14-15)8(6)13/h1-4,10,13H,(H,11,12). The second kappa shape index (κ2) is 4.51. The molecule has 0 aliphatic heterocycles. The van der Waals surface area contributed by atoms with Gasteiger partial charge in [0, 0.05) is 11.6 Å². The van der Waals surface area contributed by atoms with Crippen LogP contribution in [0.25, 0.3) is 6.08 Å². The van der Waals surface area contributed by atoms with Crippen molar-refractivity contribution in [2.45, 2.75) is 0 Å². The molecule has 0 unspecified atom stereocenters. The number of phenols is 2. The summed E-state index contributed by atoms with van der Waals surface area (Å²) in [6, 6.07) is 2.63. The lowest BCUT2D eigenvalue weighted by molar-refractivity contribution is -0.131. The molecule has 0 saturated heterocycles. The lowest BCUT2D eigenvalue weighted by Crippen LogP contribution is -1.91. The van der Waals surface area contributed by atoms with E-state index < -0.39 is 11.7 Å². The Morgan fingerprint density at radius 3 is 2.60 bits per heavy atom. The second-order valence-electron chi connectivity index (χ2n) is 2.63. The Kier molecular flexibility index (Phi) is 3.35. The van der Waals surface area contributed by atoms with Gasteiger partial charge in [0.1, 0.15) is 0 Å². The molecule has 0 atom stereocenters. The van der Waals surface area contributed by atoms with Crippen LogP contribution in [0, 0.1) is 0 Å². The van der Waals surface area contributed by atoms with Gasteiger partial charge < -0.3 is 19.7 Å². The van der Waals surface area contributed by atoms with Crippen molar-refractivity contribution in [2.24, 2.45) is 0 Å². The fourth-order valence-corrected chi connectivity index (χ4v) is 1.19. The van der Waals surface area contributed by atoms with E-state index in [0.29, 0.717) is 5.56 Å². The molecule has 77 valence electrons. The fourth-order valence-electron chi connectivity index (χ4n) is 0.976. The molecule has 1 aromatic carbocycles. The minimum atomic E-state index is -1.12. The number of benzene rings is 1. The largest absolute Gasteiger partial charge is 0.537 e. The molecule has 0 saturated carbocycles. The maximum absolute atomic E-state index is 10.3. The SMILES string of the molecule is O=C(O)C=Cc1ccc(O)c(O)c1O[Si]. The predicted molar refractivity (Wildman–Crippen MR) is 52.8 cm³/mol. The fraction of sp³-hybridized carbons (Fsp3) is 0. The first-order valence-electron chi connectivity index (χ1n) is 3.85. The van der Waals surface area contributed by atoms with Crippen LogP contribution in [-0.4, -0.2) is 31.8 Å². The molecule has 3 N–H and O–H groups in total. The maximum atomic E-state index is 10.3. The highest BCUT2D eigenvalue weighted by Crippen LogP contribution is 2.38. The molecule has 0 heterocycles. The topological polar surface area (TPSA) is 87.0 Å². The highest BCUT2D eigenvalue weighted by Gasteiger charge is 2.10. The highest BCUT2D eigenvalue weighted by atomic mass is 28.2. The van der Waals surface area contributed by atoms with E-state index in [1.54, 1.807) is 0 Å². The molecule has 0 fully saturated rings. The van der Waals surface area contributed by atoms with E-state index in [4.69, 9.17) is 10.2 Å². The van der Waals surface area contributed by atoms with Gasteiger partial charge in [-0.3, -0.25) is 0 Å². The van der Waals surface area contributed by atoms with Crippen LogP contribution in [0.2, 0.25) is 0 Å². The lowest BCUT2D eigenvalue weighted by atomic mass is 10.1. The third kappa shape index (κ3) is 2.50. The molecule has 5 nitrogen and oxygen atoms in total. The summed E-state index contributed by atoms with van der Waals surface area (Å²) in [6.45, 7) is 0. The monoisotopic (exact) mass is 223 g/mol. The summed E-state index contributed by atoms with van der Waals surface area (Å²) in [6.07, 6.45) is 2.12. The number of phenolic OH excluding ortho intramolecular Hbond substituents is 2.